The van der Waals surface area contributed by atoms with Gasteiger partial charge < -0.3 is 4.79 Å². The lowest BCUT2D eigenvalue weighted by atomic mass is 10.7. The first-order chi connectivity index (χ1) is 3.77. The molecule has 0 saturated carbocycles. The van der Waals surface area contributed by atoms with Crippen molar-refractivity contribution in [1.82, 2.24) is 10.9 Å². The van der Waals surface area contributed by atoms with Crippen LogP contribution >= 0.6 is 0 Å². The molecule has 0 aliphatic heterocycles. The van der Waals surface area contributed by atoms with Gasteiger partial charge in [0.15, 0.2) is 0 Å². The fourth-order valence-corrected chi connectivity index (χ4v) is 0.217. The highest BCUT2D eigenvalue weighted by atomic mass is 16.2. The van der Waals surface area contributed by atoms with Crippen molar-refractivity contribution >= 4 is 12.2 Å². The molecular formula is C4H8N2O2. The Morgan fingerprint density at radius 2 is 2.38 bits per heavy atom. The Kier molecular flexibility index (Phi) is 3.78. The Morgan fingerprint density at radius 3 is 2.75 bits per heavy atom. The van der Waals surface area contributed by atoms with Crippen molar-refractivity contribution in [3.05, 3.63) is 0 Å². The molecular weight excluding hydrogens is 108 g/mol. The average Bonchev–Trinajstić information content (AvgIpc) is 1.66. The zero-order valence-corrected chi connectivity index (χ0v) is 4.60. The van der Waals surface area contributed by atoms with Gasteiger partial charge in [0.25, 0.3) is 0 Å². The first-order valence-electron chi connectivity index (χ1n) is 2.20. The number of carbonyl (C=O) groups excluding carboxylic acids is 2. The highest BCUT2D eigenvalue weighted by Crippen LogP contribution is 1.50. The van der Waals surface area contributed by atoms with Gasteiger partial charge in [0, 0.05) is 6.92 Å². The van der Waals surface area contributed by atoms with Gasteiger partial charge in [-0.25, -0.2) is 5.43 Å². The molecule has 46 valence electrons. The van der Waals surface area contributed by atoms with Crippen molar-refractivity contribution in [3.63, 3.8) is 0 Å². The predicted octanol–water partition coefficient (Wildman–Crippen LogP) is -1.17. The van der Waals surface area contributed by atoms with E-state index in [1.54, 1.807) is 0 Å². The van der Waals surface area contributed by atoms with Crippen LogP contribution in [0.5, 0.6) is 0 Å². The summed E-state index contributed by atoms with van der Waals surface area (Å²) in [5.74, 6) is -0.202. The molecule has 4 nitrogen and oxygen atoms in total. The van der Waals surface area contributed by atoms with Crippen molar-refractivity contribution in [2.45, 2.75) is 6.92 Å². The first kappa shape index (κ1) is 7.10. The number of aldehydes is 1. The van der Waals surface area contributed by atoms with E-state index in [-0.39, 0.29) is 12.5 Å². The van der Waals surface area contributed by atoms with Crippen molar-refractivity contribution in [1.29, 1.82) is 0 Å². The van der Waals surface area contributed by atoms with E-state index in [1.165, 1.54) is 6.92 Å². The Labute approximate surface area is 47.2 Å². The van der Waals surface area contributed by atoms with Gasteiger partial charge >= 0.3 is 0 Å². The van der Waals surface area contributed by atoms with Crippen LogP contribution in [-0.4, -0.2) is 18.7 Å². The van der Waals surface area contributed by atoms with Gasteiger partial charge in [-0.1, -0.05) is 0 Å². The number of amides is 1. The Bertz CT molecular complexity index is 92.0. The van der Waals surface area contributed by atoms with E-state index in [0.29, 0.717) is 6.29 Å². The van der Waals surface area contributed by atoms with E-state index >= 15 is 0 Å². The lowest BCUT2D eigenvalue weighted by Crippen LogP contribution is -2.36. The lowest BCUT2D eigenvalue weighted by Gasteiger charge is -1.96. The number of hydrogen-bond donors (Lipinski definition) is 2. The van der Waals surface area contributed by atoms with Gasteiger partial charge in [-0.15, -0.1) is 0 Å². The largest absolute Gasteiger partial charge is 0.302 e. The summed E-state index contributed by atoms with van der Waals surface area (Å²) < 4.78 is 0. The predicted molar refractivity (Wildman–Crippen MR) is 27.9 cm³/mol. The van der Waals surface area contributed by atoms with Gasteiger partial charge in [0.1, 0.15) is 6.29 Å². The third-order valence-corrected chi connectivity index (χ3v) is 0.450. The monoisotopic (exact) mass is 116 g/mol. The molecule has 0 saturated heterocycles. The summed E-state index contributed by atoms with van der Waals surface area (Å²) in [6.45, 7) is 1.51. The van der Waals surface area contributed by atoms with Crippen LogP contribution in [0.4, 0.5) is 0 Å². The van der Waals surface area contributed by atoms with Gasteiger partial charge in [0.05, 0.1) is 6.54 Å². The molecule has 0 aliphatic rings. The summed E-state index contributed by atoms with van der Waals surface area (Å²) in [5, 5.41) is 0. The zero-order chi connectivity index (χ0) is 6.41. The molecule has 0 fully saturated rings. The number of hydrogen-bond acceptors (Lipinski definition) is 3. The Morgan fingerprint density at radius 1 is 1.75 bits per heavy atom. The molecule has 0 atom stereocenters. The van der Waals surface area contributed by atoms with Crippen LogP contribution in [0, 0.1) is 0 Å². The van der Waals surface area contributed by atoms with Crippen LogP contribution < -0.4 is 10.9 Å². The van der Waals surface area contributed by atoms with Crippen LogP contribution in [0.15, 0.2) is 0 Å². The molecule has 0 radical (unpaired) electrons. The summed E-state index contributed by atoms with van der Waals surface area (Å²) in [6, 6.07) is 0. The maximum absolute atomic E-state index is 10.0. The molecule has 0 aromatic heterocycles. The van der Waals surface area contributed by atoms with Crippen molar-refractivity contribution < 1.29 is 9.59 Å². The van der Waals surface area contributed by atoms with Crippen LogP contribution in [0.25, 0.3) is 0 Å². The fourth-order valence-electron chi connectivity index (χ4n) is 0.217. The summed E-state index contributed by atoms with van der Waals surface area (Å²) in [4.78, 5) is 19.6. The molecule has 8 heavy (non-hydrogen) atoms. The molecule has 0 rings (SSSR count). The lowest BCUT2D eigenvalue weighted by molar-refractivity contribution is -0.120. The minimum absolute atomic E-state index is 0.152. The molecule has 2 N–H and O–H groups in total. The highest BCUT2D eigenvalue weighted by Gasteiger charge is 1.83. The second-order valence-corrected chi connectivity index (χ2v) is 1.23. The maximum Gasteiger partial charge on any atom is 0.230 e. The molecule has 0 aromatic carbocycles. The quantitative estimate of drug-likeness (QED) is 0.277. The normalized spacial score (nSPS) is 8.12. The third-order valence-electron chi connectivity index (χ3n) is 0.450. The van der Waals surface area contributed by atoms with Crippen LogP contribution in [-0.2, 0) is 9.59 Å². The van der Waals surface area contributed by atoms with Crippen LogP contribution in [0.2, 0.25) is 0 Å². The van der Waals surface area contributed by atoms with Crippen molar-refractivity contribution in [3.8, 4) is 0 Å². The van der Waals surface area contributed by atoms with E-state index in [4.69, 9.17) is 0 Å². The number of carbonyl (C=O) groups is 2. The topological polar surface area (TPSA) is 58.2 Å². The molecule has 4 heteroatoms. The van der Waals surface area contributed by atoms with Crippen LogP contribution in [0.3, 0.4) is 0 Å². The fraction of sp³-hybridized carbons (Fsp3) is 0.500. The molecule has 0 unspecified atom stereocenters. The van der Waals surface area contributed by atoms with Gasteiger partial charge in [-0.05, 0) is 0 Å². The highest BCUT2D eigenvalue weighted by molar-refractivity contribution is 5.72. The minimum Gasteiger partial charge on any atom is -0.302 e. The SMILES string of the molecule is CC(=O)NNCC=O. The van der Waals surface area contributed by atoms with Gasteiger partial charge in [-0.3, -0.25) is 10.2 Å². The average molecular weight is 116 g/mol. The summed E-state index contributed by atoms with van der Waals surface area (Å²) in [5.41, 5.74) is 4.59. The molecule has 0 spiro atoms. The second kappa shape index (κ2) is 4.26. The summed E-state index contributed by atoms with van der Waals surface area (Å²) in [6.07, 6.45) is 0.663. The summed E-state index contributed by atoms with van der Waals surface area (Å²) >= 11 is 0. The number of nitrogens with one attached hydrogen (secondary N) is 2. The molecule has 0 heterocycles. The third kappa shape index (κ3) is 5.10. The molecule has 1 amide bonds. The second-order valence-electron chi connectivity index (χ2n) is 1.23. The Hall–Kier alpha value is -0.900. The zero-order valence-electron chi connectivity index (χ0n) is 4.60. The minimum atomic E-state index is -0.202. The molecule has 0 bridgehead atoms. The van der Waals surface area contributed by atoms with E-state index in [9.17, 15) is 9.59 Å². The molecule has 0 aromatic rings. The number of rotatable bonds is 3. The standard InChI is InChI=1S/C4H8N2O2/c1-4(8)6-5-2-3-7/h3,5H,2H2,1H3,(H,6,8). The van der Waals surface area contributed by atoms with E-state index < -0.39 is 0 Å². The number of hydrazine groups is 1. The van der Waals surface area contributed by atoms with Gasteiger partial charge in [0.2, 0.25) is 5.91 Å². The summed E-state index contributed by atoms with van der Waals surface area (Å²) in [7, 11) is 0. The molecule has 0 aliphatic carbocycles. The van der Waals surface area contributed by atoms with Crippen LogP contribution in [0.1, 0.15) is 6.92 Å². The van der Waals surface area contributed by atoms with Crippen molar-refractivity contribution in [2.24, 2.45) is 0 Å². The van der Waals surface area contributed by atoms with Crippen molar-refractivity contribution in [2.75, 3.05) is 6.54 Å². The smallest absolute Gasteiger partial charge is 0.230 e. The Balaban J connectivity index is 2.93. The maximum atomic E-state index is 10.0. The van der Waals surface area contributed by atoms with E-state index in [0.717, 1.165) is 0 Å². The van der Waals surface area contributed by atoms with E-state index in [2.05, 4.69) is 10.9 Å². The van der Waals surface area contributed by atoms with Gasteiger partial charge in [-0.2, -0.15) is 0 Å². The van der Waals surface area contributed by atoms with E-state index in [1.807, 2.05) is 0 Å². The first-order valence-corrected chi connectivity index (χ1v) is 2.20.